The summed E-state index contributed by atoms with van der Waals surface area (Å²) in [5.74, 6) is 0.281. The molecule has 6 heteroatoms. The molecule has 0 radical (unpaired) electrons. The lowest BCUT2D eigenvalue weighted by Crippen LogP contribution is -2.23. The van der Waals surface area contributed by atoms with E-state index in [2.05, 4.69) is 26.2 Å². The van der Waals surface area contributed by atoms with E-state index in [1.807, 2.05) is 0 Å². The minimum Gasteiger partial charge on any atom is -0.448 e. The zero-order chi connectivity index (χ0) is 14.5. The van der Waals surface area contributed by atoms with Crippen LogP contribution in [0.25, 0.3) is 0 Å². The van der Waals surface area contributed by atoms with Crippen molar-refractivity contribution in [1.29, 1.82) is 0 Å². The minimum absolute atomic E-state index is 0.108. The first-order valence-electron chi connectivity index (χ1n) is 6.16. The lowest BCUT2D eigenvalue weighted by atomic mass is 10.1. The van der Waals surface area contributed by atoms with Crippen molar-refractivity contribution < 1.29 is 13.6 Å². The zero-order valence-electron chi connectivity index (χ0n) is 11.0. The number of halogens is 2. The molecule has 1 amide bonds. The monoisotopic (exact) mass is 340 g/mol. The van der Waals surface area contributed by atoms with Gasteiger partial charge in [0.15, 0.2) is 6.39 Å². The Balaban J connectivity index is 1.83. The van der Waals surface area contributed by atoms with Crippen molar-refractivity contribution >= 4 is 21.8 Å². The Morgan fingerprint density at radius 2 is 2.30 bits per heavy atom. The molecule has 106 valence electrons. The third kappa shape index (κ3) is 3.90. The van der Waals surface area contributed by atoms with Gasteiger partial charge in [-0.2, -0.15) is 0 Å². The summed E-state index contributed by atoms with van der Waals surface area (Å²) in [6.45, 7) is 2.13. The van der Waals surface area contributed by atoms with E-state index in [0.29, 0.717) is 30.8 Å². The number of hydrogen-bond acceptors (Lipinski definition) is 3. The molecule has 1 N–H and O–H groups in total. The van der Waals surface area contributed by atoms with Gasteiger partial charge in [-0.3, -0.25) is 4.79 Å². The van der Waals surface area contributed by atoms with E-state index in [-0.39, 0.29) is 11.7 Å². The average Bonchev–Trinajstić information content (AvgIpc) is 2.83. The van der Waals surface area contributed by atoms with Crippen LogP contribution in [0.15, 0.2) is 33.5 Å². The Kier molecular flexibility index (Phi) is 4.89. The van der Waals surface area contributed by atoms with Gasteiger partial charge in [0.05, 0.1) is 6.54 Å². The molecule has 0 saturated carbocycles. The van der Waals surface area contributed by atoms with Crippen molar-refractivity contribution in [3.63, 3.8) is 0 Å². The quantitative estimate of drug-likeness (QED) is 0.909. The van der Waals surface area contributed by atoms with Gasteiger partial charge in [0.2, 0.25) is 5.91 Å². The number of hydrogen-bond donors (Lipinski definition) is 1. The third-order valence-electron chi connectivity index (χ3n) is 2.93. The summed E-state index contributed by atoms with van der Waals surface area (Å²) in [4.78, 5) is 15.7. The van der Waals surface area contributed by atoms with E-state index >= 15 is 0 Å². The molecular formula is C14H14BrFN2O2. The predicted molar refractivity (Wildman–Crippen MR) is 75.5 cm³/mol. The number of nitrogens with zero attached hydrogens (tertiary/aromatic N) is 1. The molecule has 0 spiro atoms. The number of amides is 1. The van der Waals surface area contributed by atoms with Crippen LogP contribution >= 0.6 is 15.9 Å². The van der Waals surface area contributed by atoms with Gasteiger partial charge in [-0.1, -0.05) is 15.9 Å². The number of aromatic nitrogens is 1. The van der Waals surface area contributed by atoms with Crippen molar-refractivity contribution in [2.45, 2.75) is 26.3 Å². The molecule has 0 unspecified atom stereocenters. The average molecular weight is 341 g/mol. The van der Waals surface area contributed by atoms with E-state index < -0.39 is 0 Å². The van der Waals surface area contributed by atoms with Crippen LogP contribution < -0.4 is 5.32 Å². The summed E-state index contributed by atoms with van der Waals surface area (Å²) < 4.78 is 19.0. The first-order valence-corrected chi connectivity index (χ1v) is 6.95. The molecule has 0 fully saturated rings. The van der Waals surface area contributed by atoms with Gasteiger partial charge in [0, 0.05) is 10.9 Å². The van der Waals surface area contributed by atoms with Gasteiger partial charge in [0.25, 0.3) is 0 Å². The highest BCUT2D eigenvalue weighted by Crippen LogP contribution is 2.19. The molecule has 0 aliphatic rings. The smallest absolute Gasteiger partial charge is 0.220 e. The number of rotatable bonds is 5. The van der Waals surface area contributed by atoms with Crippen molar-refractivity contribution in [2.75, 3.05) is 0 Å². The number of carbonyl (C=O) groups excluding carboxylic acids is 1. The molecule has 20 heavy (non-hydrogen) atoms. The van der Waals surface area contributed by atoms with E-state index in [4.69, 9.17) is 4.42 Å². The van der Waals surface area contributed by atoms with Crippen LogP contribution in [0.2, 0.25) is 0 Å². The Labute approximate surface area is 124 Å². The van der Waals surface area contributed by atoms with Crippen LogP contribution in [0.1, 0.15) is 23.4 Å². The zero-order valence-corrected chi connectivity index (χ0v) is 12.5. The van der Waals surface area contributed by atoms with Crippen LogP contribution in [-0.4, -0.2) is 10.9 Å². The van der Waals surface area contributed by atoms with Crippen LogP contribution in [0.3, 0.4) is 0 Å². The first kappa shape index (κ1) is 14.7. The summed E-state index contributed by atoms with van der Waals surface area (Å²) in [5, 5.41) is 2.76. The van der Waals surface area contributed by atoms with Crippen molar-refractivity contribution in [2.24, 2.45) is 0 Å². The topological polar surface area (TPSA) is 55.1 Å². The van der Waals surface area contributed by atoms with Gasteiger partial charge < -0.3 is 9.73 Å². The fourth-order valence-electron chi connectivity index (χ4n) is 1.75. The number of aryl methyl sites for hydroxylation is 2. The van der Waals surface area contributed by atoms with Gasteiger partial charge in [-0.05, 0) is 37.1 Å². The third-order valence-corrected chi connectivity index (χ3v) is 3.70. The molecule has 0 saturated heterocycles. The van der Waals surface area contributed by atoms with Gasteiger partial charge in [0.1, 0.15) is 17.3 Å². The molecule has 0 atom stereocenters. The van der Waals surface area contributed by atoms with Gasteiger partial charge in [-0.15, -0.1) is 0 Å². The van der Waals surface area contributed by atoms with Gasteiger partial charge >= 0.3 is 0 Å². The maximum Gasteiger partial charge on any atom is 0.220 e. The standard InChI is InChI=1S/C14H14BrFN2O2/c1-9-13(18-8-20-9)7-17-14(19)5-2-10-6-11(16)3-4-12(10)15/h3-4,6,8H,2,5,7H2,1H3,(H,17,19). The molecular weight excluding hydrogens is 327 g/mol. The molecule has 1 aromatic heterocycles. The molecule has 0 aliphatic heterocycles. The Morgan fingerprint density at radius 1 is 1.50 bits per heavy atom. The van der Waals surface area contributed by atoms with Crippen LogP contribution in [0, 0.1) is 12.7 Å². The molecule has 4 nitrogen and oxygen atoms in total. The molecule has 1 heterocycles. The summed E-state index contributed by atoms with van der Waals surface area (Å²) in [5.41, 5.74) is 1.49. The lowest BCUT2D eigenvalue weighted by Gasteiger charge is -2.06. The Morgan fingerprint density at radius 3 is 3.00 bits per heavy atom. The van der Waals surface area contributed by atoms with Crippen LogP contribution in [-0.2, 0) is 17.8 Å². The minimum atomic E-state index is -0.304. The number of benzene rings is 1. The predicted octanol–water partition coefficient (Wildman–Crippen LogP) is 3.13. The summed E-state index contributed by atoms with van der Waals surface area (Å²) in [7, 11) is 0. The van der Waals surface area contributed by atoms with Gasteiger partial charge in [-0.25, -0.2) is 9.37 Å². The number of carbonyl (C=O) groups is 1. The van der Waals surface area contributed by atoms with Crippen molar-refractivity contribution in [3.05, 3.63) is 51.9 Å². The second kappa shape index (κ2) is 6.65. The van der Waals surface area contributed by atoms with Crippen LogP contribution in [0.4, 0.5) is 4.39 Å². The largest absolute Gasteiger partial charge is 0.448 e. The molecule has 2 aromatic rings. The van der Waals surface area contributed by atoms with E-state index in [1.165, 1.54) is 18.5 Å². The highest BCUT2D eigenvalue weighted by molar-refractivity contribution is 9.10. The summed E-state index contributed by atoms with van der Waals surface area (Å²) in [6, 6.07) is 4.45. The second-order valence-corrected chi connectivity index (χ2v) is 5.22. The highest BCUT2D eigenvalue weighted by atomic mass is 79.9. The van der Waals surface area contributed by atoms with E-state index in [0.717, 1.165) is 10.0 Å². The van der Waals surface area contributed by atoms with Crippen molar-refractivity contribution in [1.82, 2.24) is 10.3 Å². The van der Waals surface area contributed by atoms with Crippen molar-refractivity contribution in [3.8, 4) is 0 Å². The Hall–Kier alpha value is -1.69. The molecule has 0 bridgehead atoms. The normalized spacial score (nSPS) is 10.6. The van der Waals surface area contributed by atoms with Crippen LogP contribution in [0.5, 0.6) is 0 Å². The highest BCUT2D eigenvalue weighted by Gasteiger charge is 2.08. The molecule has 2 rings (SSSR count). The second-order valence-electron chi connectivity index (χ2n) is 4.37. The Bertz CT molecular complexity index is 613. The van der Waals surface area contributed by atoms with E-state index in [9.17, 15) is 9.18 Å². The maximum absolute atomic E-state index is 13.1. The lowest BCUT2D eigenvalue weighted by molar-refractivity contribution is -0.121. The maximum atomic E-state index is 13.1. The molecule has 0 aliphatic carbocycles. The number of oxazole rings is 1. The summed E-state index contributed by atoms with van der Waals surface area (Å²) >= 11 is 3.34. The fraction of sp³-hybridized carbons (Fsp3) is 0.286. The SMILES string of the molecule is Cc1ocnc1CNC(=O)CCc1cc(F)ccc1Br. The molecule has 1 aromatic carbocycles. The number of nitrogens with one attached hydrogen (secondary N) is 1. The first-order chi connectivity index (χ1) is 9.56. The fourth-order valence-corrected chi connectivity index (χ4v) is 2.20. The van der Waals surface area contributed by atoms with E-state index in [1.54, 1.807) is 13.0 Å². The summed E-state index contributed by atoms with van der Waals surface area (Å²) in [6.07, 6.45) is 2.11.